The van der Waals surface area contributed by atoms with E-state index >= 15 is 0 Å². The number of hydrogen-bond donors (Lipinski definition) is 1. The van der Waals surface area contributed by atoms with Crippen LogP contribution in [-0.2, 0) is 22.7 Å². The Labute approximate surface area is 205 Å². The topological polar surface area (TPSA) is 68.5 Å². The molecule has 0 radical (unpaired) electrons. The fourth-order valence-electron chi connectivity index (χ4n) is 3.79. The van der Waals surface area contributed by atoms with Crippen molar-refractivity contribution in [3.63, 3.8) is 0 Å². The molecule has 3 aromatic carbocycles. The van der Waals surface area contributed by atoms with Crippen molar-refractivity contribution in [2.45, 2.75) is 39.5 Å². The van der Waals surface area contributed by atoms with Gasteiger partial charge in [0.25, 0.3) is 0 Å². The predicted octanol–water partition coefficient (Wildman–Crippen LogP) is 6.27. The van der Waals surface area contributed by atoms with E-state index in [1.54, 1.807) is 0 Å². The molecular weight excluding hydrogens is 438 g/mol. The maximum absolute atomic E-state index is 13.2. The summed E-state index contributed by atoms with van der Waals surface area (Å²) in [5.74, 6) is -0.967. The normalized spacial score (nSPS) is 11.9. The number of carboxylic acids is 1. The molecule has 5 heteroatoms. The number of aromatic nitrogens is 1. The highest BCUT2D eigenvalue weighted by atomic mass is 16.5. The van der Waals surface area contributed by atoms with E-state index in [0.717, 1.165) is 27.6 Å². The molecule has 0 aliphatic carbocycles. The number of carboxylic acid groups (broad SMARTS) is 1. The van der Waals surface area contributed by atoms with Crippen molar-refractivity contribution in [1.82, 2.24) is 4.57 Å². The van der Waals surface area contributed by atoms with E-state index in [-0.39, 0.29) is 12.4 Å². The number of carbonyl (C=O) groups excluding carboxylic acids is 1. The minimum atomic E-state index is -1.22. The maximum atomic E-state index is 13.2. The highest BCUT2D eigenvalue weighted by Crippen LogP contribution is 2.24. The van der Waals surface area contributed by atoms with Gasteiger partial charge in [0.05, 0.1) is 6.61 Å². The molecule has 4 rings (SSSR count). The van der Waals surface area contributed by atoms with Gasteiger partial charge in [-0.3, -0.25) is 4.79 Å². The van der Waals surface area contributed by atoms with E-state index < -0.39 is 11.6 Å². The number of rotatable bonds is 9. The van der Waals surface area contributed by atoms with Crippen LogP contribution in [0.5, 0.6) is 0 Å². The molecule has 1 aromatic heterocycles. The van der Waals surface area contributed by atoms with Crippen molar-refractivity contribution in [1.29, 1.82) is 0 Å². The van der Waals surface area contributed by atoms with Gasteiger partial charge in [-0.1, -0.05) is 84.4 Å². The molecule has 0 fully saturated rings. The van der Waals surface area contributed by atoms with Gasteiger partial charge in [0.15, 0.2) is 11.4 Å². The summed E-state index contributed by atoms with van der Waals surface area (Å²) in [5, 5.41) is 10.1. The van der Waals surface area contributed by atoms with E-state index in [1.165, 1.54) is 13.8 Å². The van der Waals surface area contributed by atoms with Crippen LogP contribution in [0, 0.1) is 6.92 Å². The van der Waals surface area contributed by atoms with Gasteiger partial charge in [0, 0.05) is 34.8 Å². The zero-order chi connectivity index (χ0) is 25.0. The summed E-state index contributed by atoms with van der Waals surface area (Å²) in [5.41, 5.74) is 4.24. The SMILES string of the molecule is Cc1ccc(C(=O)c2cn(CC=Cc3ccc(COC(C)(C)C(=O)O)cc3)c3ccccc23)cc1. The number of ketones is 1. The molecule has 0 spiro atoms. The summed E-state index contributed by atoms with van der Waals surface area (Å²) in [4.78, 5) is 24.4. The number of carbonyl (C=O) groups is 2. The Hall–Kier alpha value is -3.96. The standard InChI is InChI=1S/C30H29NO4/c1-21-10-16-24(17-11-21)28(32)26-19-31(27-9-5-4-8-25(26)27)18-6-7-22-12-14-23(15-13-22)20-35-30(2,3)29(33)34/h4-17,19H,18,20H2,1-3H3,(H,33,34). The smallest absolute Gasteiger partial charge is 0.335 e. The number of hydrogen-bond acceptors (Lipinski definition) is 3. The summed E-state index contributed by atoms with van der Waals surface area (Å²) in [7, 11) is 0. The third-order valence-electron chi connectivity index (χ3n) is 6.05. The Morgan fingerprint density at radius 2 is 1.66 bits per heavy atom. The van der Waals surface area contributed by atoms with Crippen LogP contribution >= 0.6 is 0 Å². The van der Waals surface area contributed by atoms with E-state index in [2.05, 4.69) is 10.6 Å². The lowest BCUT2D eigenvalue weighted by Crippen LogP contribution is -2.34. The number of aliphatic carboxylic acids is 1. The molecule has 35 heavy (non-hydrogen) atoms. The van der Waals surface area contributed by atoms with E-state index in [4.69, 9.17) is 9.84 Å². The number of aryl methyl sites for hydroxylation is 1. The minimum Gasteiger partial charge on any atom is -0.479 e. The van der Waals surface area contributed by atoms with Crippen molar-refractivity contribution in [3.05, 3.63) is 113 Å². The summed E-state index contributed by atoms with van der Waals surface area (Å²) < 4.78 is 7.59. The summed E-state index contributed by atoms with van der Waals surface area (Å²) >= 11 is 0. The average molecular weight is 468 g/mol. The Morgan fingerprint density at radius 3 is 2.34 bits per heavy atom. The van der Waals surface area contributed by atoms with E-state index in [0.29, 0.717) is 17.7 Å². The van der Waals surface area contributed by atoms with Crippen LogP contribution in [0.4, 0.5) is 0 Å². The Kier molecular flexibility index (Phi) is 6.99. The van der Waals surface area contributed by atoms with E-state index in [9.17, 15) is 9.59 Å². The second-order valence-electron chi connectivity index (χ2n) is 9.16. The number of allylic oxidation sites excluding steroid dienone is 1. The molecule has 1 heterocycles. The zero-order valence-corrected chi connectivity index (χ0v) is 20.2. The quantitative estimate of drug-likeness (QED) is 0.294. The molecule has 0 amide bonds. The van der Waals surface area contributed by atoms with Crippen molar-refractivity contribution in [3.8, 4) is 0 Å². The van der Waals surface area contributed by atoms with Crippen LogP contribution in [-0.4, -0.2) is 27.0 Å². The molecule has 0 aliphatic heterocycles. The Balaban J connectivity index is 1.47. The molecule has 0 bridgehead atoms. The monoisotopic (exact) mass is 467 g/mol. The summed E-state index contributed by atoms with van der Waals surface area (Å²) in [6.07, 6.45) is 6.02. The highest BCUT2D eigenvalue weighted by molar-refractivity contribution is 6.16. The lowest BCUT2D eigenvalue weighted by molar-refractivity contribution is -0.162. The molecule has 0 unspecified atom stereocenters. The highest BCUT2D eigenvalue weighted by Gasteiger charge is 2.27. The van der Waals surface area contributed by atoms with Crippen LogP contribution in [0.15, 0.2) is 85.1 Å². The van der Waals surface area contributed by atoms with Gasteiger partial charge in [-0.15, -0.1) is 0 Å². The molecule has 5 nitrogen and oxygen atoms in total. The van der Waals surface area contributed by atoms with Gasteiger partial charge in [-0.25, -0.2) is 4.79 Å². The van der Waals surface area contributed by atoms with Crippen molar-refractivity contribution in [2.75, 3.05) is 0 Å². The Bertz CT molecular complexity index is 1380. The number of para-hydroxylation sites is 1. The first-order valence-corrected chi connectivity index (χ1v) is 11.6. The largest absolute Gasteiger partial charge is 0.479 e. The lowest BCUT2D eigenvalue weighted by Gasteiger charge is -2.20. The van der Waals surface area contributed by atoms with Gasteiger partial charge < -0.3 is 14.4 Å². The van der Waals surface area contributed by atoms with Crippen LogP contribution in [0.25, 0.3) is 17.0 Å². The molecule has 1 N–H and O–H groups in total. The molecule has 178 valence electrons. The van der Waals surface area contributed by atoms with Gasteiger partial charge in [0.1, 0.15) is 0 Å². The fourth-order valence-corrected chi connectivity index (χ4v) is 3.79. The van der Waals surface area contributed by atoms with Gasteiger partial charge in [0.2, 0.25) is 0 Å². The molecule has 4 aromatic rings. The first kappa shape index (κ1) is 24.2. The average Bonchev–Trinajstić information content (AvgIpc) is 3.22. The van der Waals surface area contributed by atoms with Crippen molar-refractivity contribution < 1.29 is 19.4 Å². The second-order valence-corrected chi connectivity index (χ2v) is 9.16. The molecule has 0 saturated carbocycles. The van der Waals surface area contributed by atoms with Crippen LogP contribution < -0.4 is 0 Å². The van der Waals surface area contributed by atoms with Gasteiger partial charge in [-0.2, -0.15) is 0 Å². The number of benzene rings is 3. The summed E-state index contributed by atoms with van der Waals surface area (Å²) in [6, 6.07) is 23.4. The van der Waals surface area contributed by atoms with Crippen LogP contribution in [0.1, 0.15) is 46.5 Å². The Morgan fingerprint density at radius 1 is 0.971 bits per heavy atom. The molecule has 0 aliphatic rings. The minimum absolute atomic E-state index is 0.0211. The number of ether oxygens (including phenoxy) is 1. The molecule has 0 saturated heterocycles. The predicted molar refractivity (Wildman–Crippen MR) is 139 cm³/mol. The maximum Gasteiger partial charge on any atom is 0.335 e. The van der Waals surface area contributed by atoms with Gasteiger partial charge >= 0.3 is 5.97 Å². The number of fused-ring (bicyclic) bond motifs is 1. The van der Waals surface area contributed by atoms with Crippen LogP contribution in [0.2, 0.25) is 0 Å². The van der Waals surface area contributed by atoms with Crippen LogP contribution in [0.3, 0.4) is 0 Å². The zero-order valence-electron chi connectivity index (χ0n) is 20.2. The number of nitrogens with zero attached hydrogens (tertiary/aromatic N) is 1. The molecule has 0 atom stereocenters. The molecular formula is C30H29NO4. The van der Waals surface area contributed by atoms with Crippen molar-refractivity contribution >= 4 is 28.7 Å². The van der Waals surface area contributed by atoms with E-state index in [1.807, 2.05) is 92.0 Å². The third kappa shape index (κ3) is 5.58. The lowest BCUT2D eigenvalue weighted by atomic mass is 10.0. The third-order valence-corrected chi connectivity index (χ3v) is 6.05. The summed E-state index contributed by atoms with van der Waals surface area (Å²) in [6.45, 7) is 5.94. The first-order valence-electron chi connectivity index (χ1n) is 11.6. The fraction of sp³-hybridized carbons (Fsp3) is 0.200. The first-order chi connectivity index (χ1) is 16.7. The van der Waals surface area contributed by atoms with Crippen molar-refractivity contribution in [2.24, 2.45) is 0 Å². The second kappa shape index (κ2) is 10.1. The van der Waals surface area contributed by atoms with Gasteiger partial charge in [-0.05, 0) is 38.0 Å².